The predicted octanol–water partition coefficient (Wildman–Crippen LogP) is 5.91. The van der Waals surface area contributed by atoms with Crippen molar-refractivity contribution >= 4 is 44.2 Å². The second-order valence-electron chi connectivity index (χ2n) is 6.84. The number of halogens is 1. The molecular formula is C24H24BrNO6S. The van der Waals surface area contributed by atoms with Gasteiger partial charge >= 0.3 is 11.9 Å². The molecule has 1 aromatic heterocycles. The second-order valence-corrected chi connectivity index (χ2v) is 8.64. The van der Waals surface area contributed by atoms with Gasteiger partial charge in [0, 0.05) is 34.4 Å². The number of hydrogen-bond donors (Lipinski definition) is 1. The van der Waals surface area contributed by atoms with Crippen LogP contribution in [-0.2, 0) is 16.1 Å². The Morgan fingerprint density at radius 3 is 2.42 bits per heavy atom. The minimum atomic E-state index is -0.430. The van der Waals surface area contributed by atoms with Crippen molar-refractivity contribution in [2.45, 2.75) is 20.4 Å². The van der Waals surface area contributed by atoms with Crippen molar-refractivity contribution < 1.29 is 28.5 Å². The summed E-state index contributed by atoms with van der Waals surface area (Å²) in [5, 5.41) is 5.84. The number of methoxy groups -OCH3 is 2. The molecular weight excluding hydrogens is 510 g/mol. The fourth-order valence-corrected chi connectivity index (χ4v) is 4.59. The molecule has 2 aromatic carbocycles. The summed E-state index contributed by atoms with van der Waals surface area (Å²) in [7, 11) is 3.13. The number of carbonyl (C=O) groups is 2. The van der Waals surface area contributed by atoms with E-state index in [0.717, 1.165) is 21.2 Å². The van der Waals surface area contributed by atoms with E-state index in [1.807, 2.05) is 23.6 Å². The summed E-state index contributed by atoms with van der Waals surface area (Å²) in [4.78, 5) is 24.4. The van der Waals surface area contributed by atoms with Crippen molar-refractivity contribution in [3.8, 4) is 28.4 Å². The molecule has 0 aliphatic rings. The highest BCUT2D eigenvalue weighted by Gasteiger charge is 2.23. The quantitative estimate of drug-likeness (QED) is 0.270. The summed E-state index contributed by atoms with van der Waals surface area (Å²) >= 11 is 4.83. The molecule has 0 unspecified atom stereocenters. The zero-order valence-electron chi connectivity index (χ0n) is 18.7. The number of hydrogen-bond acceptors (Lipinski definition) is 8. The number of thiophene rings is 1. The highest BCUT2D eigenvalue weighted by Crippen LogP contribution is 2.40. The van der Waals surface area contributed by atoms with Crippen LogP contribution in [0, 0.1) is 0 Å². The first-order valence-corrected chi connectivity index (χ1v) is 11.8. The van der Waals surface area contributed by atoms with Crippen molar-refractivity contribution in [3.63, 3.8) is 0 Å². The van der Waals surface area contributed by atoms with E-state index >= 15 is 0 Å². The Hall–Kier alpha value is -3.04. The maximum absolute atomic E-state index is 12.9. The number of esters is 2. The van der Waals surface area contributed by atoms with Crippen LogP contribution in [-0.4, -0.2) is 32.8 Å². The minimum Gasteiger partial charge on any atom is -0.493 e. The molecule has 9 heteroatoms. The number of carbonyl (C=O) groups excluding carboxylic acids is 2. The first-order valence-electron chi connectivity index (χ1n) is 10.1. The van der Waals surface area contributed by atoms with Gasteiger partial charge in [0.05, 0.1) is 20.8 Å². The Morgan fingerprint density at radius 2 is 1.76 bits per heavy atom. The molecule has 1 heterocycles. The molecule has 0 aliphatic carbocycles. The van der Waals surface area contributed by atoms with Gasteiger partial charge in [0.1, 0.15) is 16.3 Å². The molecule has 3 aromatic rings. The lowest BCUT2D eigenvalue weighted by Crippen LogP contribution is -2.10. The Balaban J connectivity index is 1.98. The normalized spacial score (nSPS) is 10.5. The van der Waals surface area contributed by atoms with Crippen LogP contribution in [0.5, 0.6) is 17.2 Å². The standard InChI is InChI=1S/C24H24BrNO6S/c1-5-31-24(28)22-18(15-6-8-20(29-3)21(11-15)30-4)13-33-23(22)26-12-16-10-17(25)7-9-19(16)32-14(2)27/h6-11,13,26H,5,12H2,1-4H3. The first-order chi connectivity index (χ1) is 15.9. The van der Waals surface area contributed by atoms with Crippen LogP contribution in [0.25, 0.3) is 11.1 Å². The van der Waals surface area contributed by atoms with Gasteiger partial charge in [0.2, 0.25) is 0 Å². The van der Waals surface area contributed by atoms with Crippen molar-refractivity contribution in [1.82, 2.24) is 0 Å². The molecule has 7 nitrogen and oxygen atoms in total. The molecule has 0 radical (unpaired) electrons. The molecule has 0 fully saturated rings. The zero-order chi connectivity index (χ0) is 24.0. The molecule has 0 atom stereocenters. The third-order valence-electron chi connectivity index (χ3n) is 4.68. The highest BCUT2D eigenvalue weighted by atomic mass is 79.9. The van der Waals surface area contributed by atoms with Gasteiger partial charge in [0.25, 0.3) is 0 Å². The Bertz CT molecular complexity index is 1160. The maximum Gasteiger partial charge on any atom is 0.341 e. The SMILES string of the molecule is CCOC(=O)c1c(-c2ccc(OC)c(OC)c2)csc1NCc1cc(Br)ccc1OC(C)=O. The molecule has 33 heavy (non-hydrogen) atoms. The molecule has 0 aliphatic heterocycles. The lowest BCUT2D eigenvalue weighted by atomic mass is 10.0. The fraction of sp³-hybridized carbons (Fsp3) is 0.250. The number of anilines is 1. The molecule has 1 N–H and O–H groups in total. The second kappa shape index (κ2) is 11.2. The van der Waals surface area contributed by atoms with Crippen LogP contribution < -0.4 is 19.5 Å². The smallest absolute Gasteiger partial charge is 0.341 e. The predicted molar refractivity (Wildman–Crippen MR) is 132 cm³/mol. The van der Waals surface area contributed by atoms with Crippen LogP contribution in [0.1, 0.15) is 29.8 Å². The van der Waals surface area contributed by atoms with E-state index in [1.165, 1.54) is 18.3 Å². The lowest BCUT2D eigenvalue weighted by molar-refractivity contribution is -0.131. The molecule has 0 spiro atoms. The number of rotatable bonds is 9. The van der Waals surface area contributed by atoms with E-state index in [1.54, 1.807) is 39.3 Å². The molecule has 0 bridgehead atoms. The van der Waals surface area contributed by atoms with Gasteiger partial charge in [-0.15, -0.1) is 11.3 Å². The highest BCUT2D eigenvalue weighted by molar-refractivity contribution is 9.10. The van der Waals surface area contributed by atoms with Crippen molar-refractivity contribution in [1.29, 1.82) is 0 Å². The van der Waals surface area contributed by atoms with E-state index < -0.39 is 11.9 Å². The third-order valence-corrected chi connectivity index (χ3v) is 6.11. The summed E-state index contributed by atoms with van der Waals surface area (Å²) in [5.41, 5.74) is 2.70. The van der Waals surface area contributed by atoms with E-state index in [9.17, 15) is 9.59 Å². The van der Waals surface area contributed by atoms with Crippen LogP contribution in [0.15, 0.2) is 46.3 Å². The Labute approximate surface area is 204 Å². The van der Waals surface area contributed by atoms with Crippen LogP contribution in [0.3, 0.4) is 0 Å². The molecule has 0 saturated carbocycles. The topological polar surface area (TPSA) is 83.1 Å². The summed E-state index contributed by atoms with van der Waals surface area (Å²) in [6, 6.07) is 10.9. The molecule has 0 saturated heterocycles. The molecule has 3 rings (SSSR count). The van der Waals surface area contributed by atoms with Gasteiger partial charge in [-0.05, 0) is 42.8 Å². The van der Waals surface area contributed by atoms with Gasteiger partial charge in [0.15, 0.2) is 11.5 Å². The van der Waals surface area contributed by atoms with Gasteiger partial charge in [-0.25, -0.2) is 4.79 Å². The van der Waals surface area contributed by atoms with E-state index in [0.29, 0.717) is 34.4 Å². The third kappa shape index (κ3) is 5.85. The average Bonchev–Trinajstić information content (AvgIpc) is 3.22. The lowest BCUT2D eigenvalue weighted by Gasteiger charge is -2.13. The van der Waals surface area contributed by atoms with E-state index in [4.69, 9.17) is 18.9 Å². The van der Waals surface area contributed by atoms with Gasteiger partial charge in [-0.2, -0.15) is 0 Å². The maximum atomic E-state index is 12.9. The monoisotopic (exact) mass is 533 g/mol. The molecule has 174 valence electrons. The Morgan fingerprint density at radius 1 is 1.03 bits per heavy atom. The average molecular weight is 534 g/mol. The zero-order valence-corrected chi connectivity index (χ0v) is 21.1. The summed E-state index contributed by atoms with van der Waals surface area (Å²) in [6.45, 7) is 3.70. The summed E-state index contributed by atoms with van der Waals surface area (Å²) in [5.74, 6) is 0.775. The van der Waals surface area contributed by atoms with Crippen LogP contribution in [0.2, 0.25) is 0 Å². The van der Waals surface area contributed by atoms with Crippen LogP contribution in [0.4, 0.5) is 5.00 Å². The van der Waals surface area contributed by atoms with Gasteiger partial charge < -0.3 is 24.3 Å². The van der Waals surface area contributed by atoms with Crippen LogP contribution >= 0.6 is 27.3 Å². The minimum absolute atomic E-state index is 0.252. The van der Waals surface area contributed by atoms with Crippen molar-refractivity contribution in [3.05, 3.63) is 57.4 Å². The summed E-state index contributed by atoms with van der Waals surface area (Å²) in [6.07, 6.45) is 0. The van der Waals surface area contributed by atoms with Gasteiger partial charge in [-0.1, -0.05) is 22.0 Å². The number of benzene rings is 2. The van der Waals surface area contributed by atoms with E-state index in [2.05, 4.69) is 21.2 Å². The van der Waals surface area contributed by atoms with E-state index in [-0.39, 0.29) is 6.61 Å². The Kier molecular flexibility index (Phi) is 8.35. The summed E-state index contributed by atoms with van der Waals surface area (Å²) < 4.78 is 22.2. The van der Waals surface area contributed by atoms with Crippen molar-refractivity contribution in [2.24, 2.45) is 0 Å². The fourth-order valence-electron chi connectivity index (χ4n) is 3.23. The van der Waals surface area contributed by atoms with Gasteiger partial charge in [-0.3, -0.25) is 4.79 Å². The first kappa shape index (κ1) is 24.6. The number of nitrogens with one attached hydrogen (secondary N) is 1. The molecule has 0 amide bonds. The largest absolute Gasteiger partial charge is 0.493 e. The van der Waals surface area contributed by atoms with Crippen molar-refractivity contribution in [2.75, 3.05) is 26.1 Å². The number of ether oxygens (including phenoxy) is 4.